The van der Waals surface area contributed by atoms with Gasteiger partial charge in [0.15, 0.2) is 0 Å². The SMILES string of the molecule is COC(C)(C)CNCC(NC(C)=O)C(=O)O. The van der Waals surface area contributed by atoms with Crippen molar-refractivity contribution < 1.29 is 19.4 Å². The summed E-state index contributed by atoms with van der Waals surface area (Å²) in [7, 11) is 1.59. The molecule has 0 aliphatic rings. The Morgan fingerprint density at radius 2 is 2.00 bits per heavy atom. The zero-order valence-electron chi connectivity index (χ0n) is 10.2. The molecule has 6 nitrogen and oxygen atoms in total. The molecular formula is C10H20N2O4. The minimum atomic E-state index is -1.06. The van der Waals surface area contributed by atoms with Crippen LogP contribution < -0.4 is 10.6 Å². The third-order valence-corrected chi connectivity index (χ3v) is 2.13. The van der Waals surface area contributed by atoms with E-state index in [-0.39, 0.29) is 18.1 Å². The van der Waals surface area contributed by atoms with Crippen LogP contribution in [0.3, 0.4) is 0 Å². The summed E-state index contributed by atoms with van der Waals surface area (Å²) in [6.07, 6.45) is 0. The molecular weight excluding hydrogens is 212 g/mol. The Hall–Kier alpha value is -1.14. The highest BCUT2D eigenvalue weighted by Crippen LogP contribution is 2.04. The van der Waals surface area contributed by atoms with Crippen molar-refractivity contribution in [1.29, 1.82) is 0 Å². The third kappa shape index (κ3) is 6.36. The first-order valence-corrected chi connectivity index (χ1v) is 5.04. The van der Waals surface area contributed by atoms with Crippen LogP contribution in [-0.2, 0) is 14.3 Å². The van der Waals surface area contributed by atoms with Crippen LogP contribution >= 0.6 is 0 Å². The molecule has 1 atom stereocenters. The molecule has 0 rings (SSSR count). The standard InChI is InChI=1S/C10H20N2O4/c1-7(13)12-8(9(14)15)5-11-6-10(2,3)16-4/h8,11H,5-6H2,1-4H3,(H,12,13)(H,14,15). The molecule has 0 aliphatic carbocycles. The van der Waals surface area contributed by atoms with Gasteiger partial charge in [-0.3, -0.25) is 4.79 Å². The second kappa shape index (κ2) is 6.44. The molecule has 6 heteroatoms. The maximum atomic E-state index is 10.8. The summed E-state index contributed by atoms with van der Waals surface area (Å²) in [4.78, 5) is 21.5. The van der Waals surface area contributed by atoms with Crippen LogP contribution in [0.2, 0.25) is 0 Å². The average molecular weight is 232 g/mol. The fraction of sp³-hybridized carbons (Fsp3) is 0.800. The average Bonchev–Trinajstić information content (AvgIpc) is 2.15. The van der Waals surface area contributed by atoms with Crippen molar-refractivity contribution in [3.63, 3.8) is 0 Å². The number of carboxylic acid groups (broad SMARTS) is 1. The first-order valence-electron chi connectivity index (χ1n) is 5.04. The van der Waals surface area contributed by atoms with E-state index in [0.29, 0.717) is 6.54 Å². The molecule has 16 heavy (non-hydrogen) atoms. The number of hydrogen-bond donors (Lipinski definition) is 3. The molecule has 0 aliphatic heterocycles. The first kappa shape index (κ1) is 14.9. The van der Waals surface area contributed by atoms with Crippen molar-refractivity contribution in [2.75, 3.05) is 20.2 Å². The highest BCUT2D eigenvalue weighted by atomic mass is 16.5. The van der Waals surface area contributed by atoms with Gasteiger partial charge in [0.05, 0.1) is 5.60 Å². The quantitative estimate of drug-likeness (QED) is 0.555. The number of carbonyl (C=O) groups excluding carboxylic acids is 1. The topological polar surface area (TPSA) is 87.7 Å². The number of ether oxygens (including phenoxy) is 1. The monoisotopic (exact) mass is 232 g/mol. The minimum absolute atomic E-state index is 0.168. The molecule has 0 saturated heterocycles. The number of carboxylic acids is 1. The van der Waals surface area contributed by atoms with Crippen molar-refractivity contribution in [1.82, 2.24) is 10.6 Å². The van der Waals surface area contributed by atoms with Crippen LogP contribution in [0.4, 0.5) is 0 Å². The summed E-state index contributed by atoms with van der Waals surface area (Å²) < 4.78 is 5.16. The maximum absolute atomic E-state index is 10.8. The van der Waals surface area contributed by atoms with Gasteiger partial charge < -0.3 is 20.5 Å². The van der Waals surface area contributed by atoms with E-state index in [1.807, 2.05) is 13.8 Å². The Labute approximate surface area is 95.4 Å². The number of rotatable bonds is 7. The summed E-state index contributed by atoms with van der Waals surface area (Å²) in [5.41, 5.74) is -0.362. The second-order valence-corrected chi connectivity index (χ2v) is 4.19. The molecule has 0 spiro atoms. The molecule has 3 N–H and O–H groups in total. The number of aliphatic carboxylic acids is 1. The Kier molecular flexibility index (Phi) is 5.98. The van der Waals surface area contributed by atoms with Crippen LogP contribution in [0, 0.1) is 0 Å². The number of carbonyl (C=O) groups is 2. The number of nitrogens with one attached hydrogen (secondary N) is 2. The predicted octanol–water partition coefficient (Wildman–Crippen LogP) is -0.410. The van der Waals surface area contributed by atoms with Gasteiger partial charge in [0.25, 0.3) is 0 Å². The van der Waals surface area contributed by atoms with Gasteiger partial charge in [0, 0.05) is 27.1 Å². The Balaban J connectivity index is 4.04. The van der Waals surface area contributed by atoms with Gasteiger partial charge in [-0.15, -0.1) is 0 Å². The largest absolute Gasteiger partial charge is 0.480 e. The van der Waals surface area contributed by atoms with E-state index in [1.165, 1.54) is 6.92 Å². The van der Waals surface area contributed by atoms with Crippen molar-refractivity contribution in [3.05, 3.63) is 0 Å². The Morgan fingerprint density at radius 1 is 1.44 bits per heavy atom. The lowest BCUT2D eigenvalue weighted by atomic mass is 10.1. The van der Waals surface area contributed by atoms with Gasteiger partial charge >= 0.3 is 5.97 Å². The summed E-state index contributed by atoms with van der Waals surface area (Å²) in [6, 6.07) is -0.912. The molecule has 0 aromatic rings. The van der Waals surface area contributed by atoms with Crippen LogP contribution in [-0.4, -0.2) is 48.8 Å². The van der Waals surface area contributed by atoms with Crippen molar-refractivity contribution in [3.8, 4) is 0 Å². The molecule has 0 saturated carbocycles. The lowest BCUT2D eigenvalue weighted by Gasteiger charge is -2.24. The van der Waals surface area contributed by atoms with Gasteiger partial charge in [-0.1, -0.05) is 0 Å². The van der Waals surface area contributed by atoms with E-state index < -0.39 is 12.0 Å². The fourth-order valence-electron chi connectivity index (χ4n) is 1.04. The fourth-order valence-corrected chi connectivity index (χ4v) is 1.04. The Morgan fingerprint density at radius 3 is 2.38 bits per heavy atom. The van der Waals surface area contributed by atoms with Gasteiger partial charge in [0.1, 0.15) is 6.04 Å². The minimum Gasteiger partial charge on any atom is -0.480 e. The van der Waals surface area contributed by atoms with E-state index in [4.69, 9.17) is 9.84 Å². The Bertz CT molecular complexity index is 253. The molecule has 94 valence electrons. The van der Waals surface area contributed by atoms with Crippen molar-refractivity contribution in [2.45, 2.75) is 32.4 Å². The predicted molar refractivity (Wildman–Crippen MR) is 59.2 cm³/mol. The summed E-state index contributed by atoms with van der Waals surface area (Å²) >= 11 is 0. The van der Waals surface area contributed by atoms with E-state index >= 15 is 0 Å². The normalized spacial score (nSPS) is 13.2. The number of amides is 1. The molecule has 0 radical (unpaired) electrons. The zero-order valence-corrected chi connectivity index (χ0v) is 10.2. The number of methoxy groups -OCH3 is 1. The van der Waals surface area contributed by atoms with Crippen LogP contribution in [0.25, 0.3) is 0 Å². The highest BCUT2D eigenvalue weighted by molar-refractivity contribution is 5.82. The highest BCUT2D eigenvalue weighted by Gasteiger charge is 2.20. The van der Waals surface area contributed by atoms with Gasteiger partial charge in [-0.2, -0.15) is 0 Å². The van der Waals surface area contributed by atoms with Gasteiger partial charge in [-0.25, -0.2) is 4.79 Å². The molecule has 1 amide bonds. The lowest BCUT2D eigenvalue weighted by Crippen LogP contribution is -2.49. The number of hydrogen-bond acceptors (Lipinski definition) is 4. The maximum Gasteiger partial charge on any atom is 0.327 e. The molecule has 0 aromatic carbocycles. The molecule has 0 bridgehead atoms. The third-order valence-electron chi connectivity index (χ3n) is 2.13. The van der Waals surface area contributed by atoms with Crippen molar-refractivity contribution in [2.24, 2.45) is 0 Å². The van der Waals surface area contributed by atoms with E-state index in [2.05, 4.69) is 10.6 Å². The van der Waals surface area contributed by atoms with Crippen molar-refractivity contribution >= 4 is 11.9 Å². The van der Waals surface area contributed by atoms with Gasteiger partial charge in [-0.05, 0) is 13.8 Å². The molecule has 0 fully saturated rings. The molecule has 1 unspecified atom stereocenters. The van der Waals surface area contributed by atoms with Crippen LogP contribution in [0.15, 0.2) is 0 Å². The summed E-state index contributed by atoms with van der Waals surface area (Å²) in [5.74, 6) is -1.42. The van der Waals surface area contributed by atoms with E-state index in [1.54, 1.807) is 7.11 Å². The van der Waals surface area contributed by atoms with E-state index in [0.717, 1.165) is 0 Å². The lowest BCUT2D eigenvalue weighted by molar-refractivity contribution is -0.141. The first-order chi connectivity index (χ1) is 7.28. The second-order valence-electron chi connectivity index (χ2n) is 4.19. The summed E-state index contributed by atoms with van der Waals surface area (Å²) in [6.45, 7) is 5.73. The molecule has 0 heterocycles. The van der Waals surface area contributed by atoms with Gasteiger partial charge in [0.2, 0.25) is 5.91 Å². The molecule has 0 aromatic heterocycles. The van der Waals surface area contributed by atoms with E-state index in [9.17, 15) is 9.59 Å². The van der Waals surface area contributed by atoms with Crippen LogP contribution in [0.5, 0.6) is 0 Å². The smallest absolute Gasteiger partial charge is 0.327 e. The van der Waals surface area contributed by atoms with Crippen LogP contribution in [0.1, 0.15) is 20.8 Å². The summed E-state index contributed by atoms with van der Waals surface area (Å²) in [5, 5.41) is 14.1. The zero-order chi connectivity index (χ0) is 12.8.